The predicted molar refractivity (Wildman–Crippen MR) is 100 cm³/mol. The number of ether oxygens (including phenoxy) is 2. The maximum Gasteiger partial charge on any atom is 0.228 e. The lowest BCUT2D eigenvalue weighted by molar-refractivity contribution is -0.123. The Balaban J connectivity index is 2.21. The Hall–Kier alpha value is -2.49. The van der Waals surface area contributed by atoms with Gasteiger partial charge in [-0.1, -0.05) is 37.3 Å². The number of benzene rings is 2. The highest BCUT2D eigenvalue weighted by Crippen LogP contribution is 2.33. The van der Waals surface area contributed by atoms with Gasteiger partial charge < -0.3 is 14.8 Å². The van der Waals surface area contributed by atoms with E-state index in [1.54, 1.807) is 14.2 Å². The third kappa shape index (κ3) is 4.32. The number of hydrogen-bond donors (Lipinski definition) is 1. The molecule has 0 heterocycles. The molecule has 0 bridgehead atoms. The molecule has 0 saturated carbocycles. The average Bonchev–Trinajstić information content (AvgIpc) is 2.62. The molecular formula is C21H27NO3. The van der Waals surface area contributed by atoms with Crippen molar-refractivity contribution in [2.45, 2.75) is 39.2 Å². The number of rotatable bonds is 7. The molecule has 134 valence electrons. The van der Waals surface area contributed by atoms with Gasteiger partial charge in [0.15, 0.2) is 11.5 Å². The van der Waals surface area contributed by atoms with Crippen LogP contribution in [0.4, 0.5) is 0 Å². The Morgan fingerprint density at radius 1 is 1.08 bits per heavy atom. The zero-order chi connectivity index (χ0) is 18.4. The number of aryl methyl sites for hydroxylation is 1. The second kappa shape index (κ2) is 8.56. The largest absolute Gasteiger partial charge is 0.493 e. The van der Waals surface area contributed by atoms with E-state index in [0.29, 0.717) is 11.5 Å². The fourth-order valence-electron chi connectivity index (χ4n) is 3.11. The fourth-order valence-corrected chi connectivity index (χ4v) is 3.11. The highest BCUT2D eigenvalue weighted by molar-refractivity contribution is 5.84. The van der Waals surface area contributed by atoms with Crippen molar-refractivity contribution < 1.29 is 14.3 Å². The summed E-state index contributed by atoms with van der Waals surface area (Å²) in [5.41, 5.74) is 3.12. The second-order valence-corrected chi connectivity index (χ2v) is 6.17. The van der Waals surface area contributed by atoms with E-state index < -0.39 is 0 Å². The van der Waals surface area contributed by atoms with Crippen LogP contribution >= 0.6 is 0 Å². The number of carbonyl (C=O) groups excluding carboxylic acids is 1. The van der Waals surface area contributed by atoms with Gasteiger partial charge in [0, 0.05) is 0 Å². The minimum Gasteiger partial charge on any atom is -0.493 e. The maximum absolute atomic E-state index is 12.8. The molecule has 0 fully saturated rings. The molecule has 0 aliphatic heterocycles. The van der Waals surface area contributed by atoms with Crippen LogP contribution in [0.1, 0.15) is 48.9 Å². The SMILES string of the molecule is CCC(C(=O)NC(C)c1cc(OC)c(OC)cc1C)c1ccccc1. The van der Waals surface area contributed by atoms with Crippen LogP contribution in [0.5, 0.6) is 11.5 Å². The first kappa shape index (κ1) is 18.8. The Bertz CT molecular complexity index is 713. The normalized spacial score (nSPS) is 13.0. The molecule has 4 heteroatoms. The van der Waals surface area contributed by atoms with Crippen molar-refractivity contribution in [3.05, 3.63) is 59.2 Å². The molecule has 4 nitrogen and oxygen atoms in total. The number of nitrogens with one attached hydrogen (secondary N) is 1. The van der Waals surface area contributed by atoms with E-state index in [1.165, 1.54) is 0 Å². The number of amides is 1. The van der Waals surface area contributed by atoms with E-state index in [1.807, 2.05) is 63.2 Å². The molecule has 0 spiro atoms. The first-order chi connectivity index (χ1) is 12.0. The van der Waals surface area contributed by atoms with Gasteiger partial charge >= 0.3 is 0 Å². The van der Waals surface area contributed by atoms with Gasteiger partial charge in [0.25, 0.3) is 0 Å². The van der Waals surface area contributed by atoms with E-state index in [4.69, 9.17) is 9.47 Å². The lowest BCUT2D eigenvalue weighted by Gasteiger charge is -2.22. The molecule has 0 saturated heterocycles. The van der Waals surface area contributed by atoms with Crippen molar-refractivity contribution in [1.29, 1.82) is 0 Å². The third-order valence-corrected chi connectivity index (χ3v) is 4.52. The van der Waals surface area contributed by atoms with Crippen molar-refractivity contribution in [3.8, 4) is 11.5 Å². The van der Waals surface area contributed by atoms with Crippen molar-refractivity contribution in [2.24, 2.45) is 0 Å². The summed E-state index contributed by atoms with van der Waals surface area (Å²) in [5, 5.41) is 3.14. The van der Waals surface area contributed by atoms with E-state index >= 15 is 0 Å². The molecule has 1 amide bonds. The molecule has 0 aliphatic rings. The summed E-state index contributed by atoms with van der Waals surface area (Å²) in [5.74, 6) is 1.25. The van der Waals surface area contributed by atoms with Gasteiger partial charge in [-0.3, -0.25) is 4.79 Å². The number of hydrogen-bond acceptors (Lipinski definition) is 3. The summed E-state index contributed by atoms with van der Waals surface area (Å²) in [6.07, 6.45) is 0.757. The molecule has 1 N–H and O–H groups in total. The highest BCUT2D eigenvalue weighted by atomic mass is 16.5. The zero-order valence-electron chi connectivity index (χ0n) is 15.6. The predicted octanol–water partition coefficient (Wildman–Crippen LogP) is 4.38. The van der Waals surface area contributed by atoms with Crippen LogP contribution in [0.25, 0.3) is 0 Å². The van der Waals surface area contributed by atoms with Gasteiger partial charge in [-0.05, 0) is 49.1 Å². The zero-order valence-corrected chi connectivity index (χ0v) is 15.6. The summed E-state index contributed by atoms with van der Waals surface area (Å²) in [7, 11) is 3.23. The standard InChI is InChI=1S/C21H27NO3/c1-6-17(16-10-8-7-9-11-16)21(23)22-15(3)18-13-20(25-5)19(24-4)12-14(18)2/h7-13,15,17H,6H2,1-5H3,(H,22,23). The van der Waals surface area contributed by atoms with E-state index in [2.05, 4.69) is 5.32 Å². The Labute approximate surface area is 150 Å². The van der Waals surface area contributed by atoms with E-state index in [9.17, 15) is 4.79 Å². The lowest BCUT2D eigenvalue weighted by atomic mass is 9.94. The summed E-state index contributed by atoms with van der Waals surface area (Å²) < 4.78 is 10.7. The fraction of sp³-hybridized carbons (Fsp3) is 0.381. The van der Waals surface area contributed by atoms with Gasteiger partial charge in [-0.2, -0.15) is 0 Å². The van der Waals surface area contributed by atoms with Gasteiger partial charge in [-0.25, -0.2) is 0 Å². The summed E-state index contributed by atoms with van der Waals surface area (Å²) >= 11 is 0. The molecular weight excluding hydrogens is 314 g/mol. The quantitative estimate of drug-likeness (QED) is 0.813. The van der Waals surface area contributed by atoms with E-state index in [0.717, 1.165) is 23.1 Å². The molecule has 25 heavy (non-hydrogen) atoms. The van der Waals surface area contributed by atoms with Crippen molar-refractivity contribution in [2.75, 3.05) is 14.2 Å². The monoisotopic (exact) mass is 341 g/mol. The number of carbonyl (C=O) groups is 1. The number of methoxy groups -OCH3 is 2. The van der Waals surface area contributed by atoms with Crippen LogP contribution in [0.3, 0.4) is 0 Å². The molecule has 2 atom stereocenters. The summed E-state index contributed by atoms with van der Waals surface area (Å²) in [6, 6.07) is 13.6. The Morgan fingerprint density at radius 2 is 1.68 bits per heavy atom. The maximum atomic E-state index is 12.8. The van der Waals surface area contributed by atoms with E-state index in [-0.39, 0.29) is 17.9 Å². The average molecular weight is 341 g/mol. The van der Waals surface area contributed by atoms with Gasteiger partial charge in [0.1, 0.15) is 0 Å². The highest BCUT2D eigenvalue weighted by Gasteiger charge is 2.22. The van der Waals surface area contributed by atoms with Gasteiger partial charge in [-0.15, -0.1) is 0 Å². The molecule has 0 aromatic heterocycles. The lowest BCUT2D eigenvalue weighted by Crippen LogP contribution is -2.31. The van der Waals surface area contributed by atoms with Crippen LogP contribution in [0.15, 0.2) is 42.5 Å². The van der Waals surface area contributed by atoms with Crippen molar-refractivity contribution >= 4 is 5.91 Å². The smallest absolute Gasteiger partial charge is 0.228 e. The summed E-state index contributed by atoms with van der Waals surface area (Å²) in [4.78, 5) is 12.8. The van der Waals surface area contributed by atoms with Crippen LogP contribution in [-0.4, -0.2) is 20.1 Å². The van der Waals surface area contributed by atoms with Gasteiger partial charge in [0.05, 0.1) is 26.2 Å². The molecule has 0 aliphatic carbocycles. The summed E-state index contributed by atoms with van der Waals surface area (Å²) in [6.45, 7) is 6.03. The van der Waals surface area contributed by atoms with Crippen LogP contribution in [-0.2, 0) is 4.79 Å². The molecule has 2 rings (SSSR count). The first-order valence-electron chi connectivity index (χ1n) is 8.59. The molecule has 0 radical (unpaired) electrons. The molecule has 2 aromatic rings. The van der Waals surface area contributed by atoms with Crippen LogP contribution < -0.4 is 14.8 Å². The molecule has 2 aromatic carbocycles. The van der Waals surface area contributed by atoms with Crippen LogP contribution in [0.2, 0.25) is 0 Å². The topological polar surface area (TPSA) is 47.6 Å². The van der Waals surface area contributed by atoms with Crippen LogP contribution in [0, 0.1) is 6.92 Å². The van der Waals surface area contributed by atoms with Crippen molar-refractivity contribution in [1.82, 2.24) is 5.32 Å². The third-order valence-electron chi connectivity index (χ3n) is 4.52. The minimum absolute atomic E-state index is 0.0374. The first-order valence-corrected chi connectivity index (χ1v) is 8.59. The Kier molecular flexibility index (Phi) is 6.45. The van der Waals surface area contributed by atoms with Crippen molar-refractivity contribution in [3.63, 3.8) is 0 Å². The Morgan fingerprint density at radius 3 is 2.24 bits per heavy atom. The minimum atomic E-state index is -0.149. The molecule has 2 unspecified atom stereocenters. The van der Waals surface area contributed by atoms with Gasteiger partial charge in [0.2, 0.25) is 5.91 Å². The second-order valence-electron chi connectivity index (χ2n) is 6.17.